The SMILES string of the molecule is Cc1nc(-c2cccc(N3CCCC3=O)c2)n(-c2ccc(Cl)cn2)n1. The molecule has 1 saturated heterocycles. The van der Waals surface area contributed by atoms with E-state index in [-0.39, 0.29) is 5.91 Å². The molecule has 126 valence electrons. The smallest absolute Gasteiger partial charge is 0.227 e. The van der Waals surface area contributed by atoms with Gasteiger partial charge in [0.25, 0.3) is 0 Å². The quantitative estimate of drug-likeness (QED) is 0.723. The van der Waals surface area contributed by atoms with Gasteiger partial charge in [-0.3, -0.25) is 4.79 Å². The van der Waals surface area contributed by atoms with Crippen LogP contribution in [0.4, 0.5) is 5.69 Å². The molecule has 0 bridgehead atoms. The average molecular weight is 354 g/mol. The molecule has 1 aromatic carbocycles. The van der Waals surface area contributed by atoms with E-state index in [4.69, 9.17) is 11.6 Å². The molecule has 3 heterocycles. The first kappa shape index (κ1) is 15.8. The van der Waals surface area contributed by atoms with Crippen LogP contribution in [0.5, 0.6) is 0 Å². The van der Waals surface area contributed by atoms with E-state index in [0.717, 1.165) is 24.2 Å². The summed E-state index contributed by atoms with van der Waals surface area (Å²) >= 11 is 5.92. The molecule has 2 aromatic heterocycles. The molecule has 0 N–H and O–H groups in total. The lowest BCUT2D eigenvalue weighted by molar-refractivity contribution is -0.117. The minimum Gasteiger partial charge on any atom is -0.312 e. The molecule has 0 unspecified atom stereocenters. The van der Waals surface area contributed by atoms with Crippen LogP contribution in [-0.2, 0) is 4.79 Å². The number of hydrogen-bond donors (Lipinski definition) is 0. The first-order valence-corrected chi connectivity index (χ1v) is 8.46. The van der Waals surface area contributed by atoms with Gasteiger partial charge in [-0.1, -0.05) is 23.7 Å². The second-order valence-corrected chi connectivity index (χ2v) is 6.36. The highest BCUT2D eigenvalue weighted by Gasteiger charge is 2.22. The third-order valence-electron chi connectivity index (χ3n) is 4.13. The highest BCUT2D eigenvalue weighted by atomic mass is 35.5. The lowest BCUT2D eigenvalue weighted by atomic mass is 10.1. The molecule has 25 heavy (non-hydrogen) atoms. The van der Waals surface area contributed by atoms with Gasteiger partial charge in [-0.25, -0.2) is 9.97 Å². The Balaban J connectivity index is 1.78. The van der Waals surface area contributed by atoms with Crippen molar-refractivity contribution in [3.8, 4) is 17.2 Å². The first-order valence-electron chi connectivity index (χ1n) is 8.08. The Morgan fingerprint density at radius 3 is 2.80 bits per heavy atom. The predicted octanol–water partition coefficient (Wildman–Crippen LogP) is 3.42. The van der Waals surface area contributed by atoms with E-state index in [1.807, 2.05) is 36.1 Å². The highest BCUT2D eigenvalue weighted by Crippen LogP contribution is 2.27. The van der Waals surface area contributed by atoms with E-state index in [2.05, 4.69) is 15.1 Å². The maximum atomic E-state index is 12.0. The number of pyridine rings is 1. The van der Waals surface area contributed by atoms with E-state index in [1.54, 1.807) is 23.0 Å². The van der Waals surface area contributed by atoms with Crippen LogP contribution < -0.4 is 4.90 Å². The summed E-state index contributed by atoms with van der Waals surface area (Å²) in [6.45, 7) is 2.59. The van der Waals surface area contributed by atoms with Crippen molar-refractivity contribution in [3.05, 3.63) is 53.4 Å². The number of carbonyl (C=O) groups excluding carboxylic acids is 1. The second kappa shape index (κ2) is 6.29. The summed E-state index contributed by atoms with van der Waals surface area (Å²) in [7, 11) is 0. The van der Waals surface area contributed by atoms with Gasteiger partial charge in [0, 0.05) is 30.4 Å². The minimum absolute atomic E-state index is 0.161. The van der Waals surface area contributed by atoms with Gasteiger partial charge >= 0.3 is 0 Å². The van der Waals surface area contributed by atoms with Gasteiger partial charge in [-0.15, -0.1) is 5.10 Å². The number of benzene rings is 1. The Morgan fingerprint density at radius 1 is 1.20 bits per heavy atom. The summed E-state index contributed by atoms with van der Waals surface area (Å²) in [5, 5.41) is 5.01. The molecule has 1 aliphatic heterocycles. The number of aromatic nitrogens is 4. The molecule has 0 spiro atoms. The molecule has 1 aliphatic rings. The third-order valence-corrected chi connectivity index (χ3v) is 4.35. The van der Waals surface area contributed by atoms with Gasteiger partial charge in [0.05, 0.1) is 5.02 Å². The summed E-state index contributed by atoms with van der Waals surface area (Å²) in [5.74, 6) is 2.13. The molecule has 0 atom stereocenters. The van der Waals surface area contributed by atoms with Crippen molar-refractivity contribution in [1.29, 1.82) is 0 Å². The number of nitrogens with zero attached hydrogens (tertiary/aromatic N) is 5. The minimum atomic E-state index is 0.161. The largest absolute Gasteiger partial charge is 0.312 e. The van der Waals surface area contributed by atoms with E-state index in [0.29, 0.717) is 28.9 Å². The Labute approximate surface area is 150 Å². The monoisotopic (exact) mass is 353 g/mol. The molecule has 0 saturated carbocycles. The fraction of sp³-hybridized carbons (Fsp3) is 0.222. The summed E-state index contributed by atoms with van der Waals surface area (Å²) in [6, 6.07) is 11.4. The van der Waals surface area contributed by atoms with Gasteiger partial charge in [0.2, 0.25) is 5.91 Å². The molecule has 4 rings (SSSR count). The molecule has 0 aliphatic carbocycles. The van der Waals surface area contributed by atoms with E-state index >= 15 is 0 Å². The Kier molecular flexibility index (Phi) is 3.97. The molecule has 0 radical (unpaired) electrons. The van der Waals surface area contributed by atoms with Crippen LogP contribution in [0, 0.1) is 6.92 Å². The third kappa shape index (κ3) is 3.00. The molecular formula is C18H16ClN5O. The van der Waals surface area contributed by atoms with Crippen LogP contribution in [-0.4, -0.2) is 32.2 Å². The normalized spacial score (nSPS) is 14.3. The van der Waals surface area contributed by atoms with Crippen LogP contribution in [0.25, 0.3) is 17.2 Å². The van der Waals surface area contributed by atoms with Crippen molar-refractivity contribution in [2.24, 2.45) is 0 Å². The average Bonchev–Trinajstić information content (AvgIpc) is 3.21. The van der Waals surface area contributed by atoms with Gasteiger partial charge in [0.1, 0.15) is 5.82 Å². The second-order valence-electron chi connectivity index (χ2n) is 5.93. The molecule has 1 fully saturated rings. The van der Waals surface area contributed by atoms with Gasteiger partial charge in [-0.05, 0) is 37.6 Å². The topological polar surface area (TPSA) is 63.9 Å². The molecule has 6 nitrogen and oxygen atoms in total. The molecule has 1 amide bonds. The fourth-order valence-corrected chi connectivity index (χ4v) is 3.10. The van der Waals surface area contributed by atoms with Crippen LogP contribution in [0.3, 0.4) is 0 Å². The zero-order valence-electron chi connectivity index (χ0n) is 13.7. The van der Waals surface area contributed by atoms with Crippen molar-refractivity contribution >= 4 is 23.2 Å². The van der Waals surface area contributed by atoms with Crippen LogP contribution in [0.2, 0.25) is 5.02 Å². The zero-order valence-corrected chi connectivity index (χ0v) is 14.4. The number of hydrogen-bond acceptors (Lipinski definition) is 4. The predicted molar refractivity (Wildman–Crippen MR) is 95.9 cm³/mol. The van der Waals surface area contributed by atoms with Crippen LogP contribution in [0.15, 0.2) is 42.6 Å². The lowest BCUT2D eigenvalue weighted by Gasteiger charge is -2.16. The first-order chi connectivity index (χ1) is 12.1. The van der Waals surface area contributed by atoms with Gasteiger partial charge < -0.3 is 4.90 Å². The number of rotatable bonds is 3. The van der Waals surface area contributed by atoms with Crippen LogP contribution in [0.1, 0.15) is 18.7 Å². The summed E-state index contributed by atoms with van der Waals surface area (Å²) in [4.78, 5) is 22.7. The fourth-order valence-electron chi connectivity index (χ4n) is 2.99. The van der Waals surface area contributed by atoms with Crippen molar-refractivity contribution < 1.29 is 4.79 Å². The number of amides is 1. The van der Waals surface area contributed by atoms with Crippen LogP contribution >= 0.6 is 11.6 Å². The number of aryl methyl sites for hydroxylation is 1. The lowest BCUT2D eigenvalue weighted by Crippen LogP contribution is -2.23. The standard InChI is InChI=1S/C18H16ClN5O/c1-12-21-18(24(22-12)16-8-7-14(19)11-20-16)13-4-2-5-15(10-13)23-9-3-6-17(23)25/h2,4-5,7-8,10-11H,3,6,9H2,1H3. The molecule has 7 heteroatoms. The van der Waals surface area contributed by atoms with Gasteiger partial charge in [-0.2, -0.15) is 4.68 Å². The Bertz CT molecular complexity index is 935. The number of halogens is 1. The number of carbonyl (C=O) groups is 1. The zero-order chi connectivity index (χ0) is 17.4. The molecular weight excluding hydrogens is 338 g/mol. The van der Waals surface area contributed by atoms with E-state index < -0.39 is 0 Å². The maximum absolute atomic E-state index is 12.0. The summed E-state index contributed by atoms with van der Waals surface area (Å²) in [5.41, 5.74) is 1.77. The van der Waals surface area contributed by atoms with Crippen molar-refractivity contribution in [2.45, 2.75) is 19.8 Å². The highest BCUT2D eigenvalue weighted by molar-refractivity contribution is 6.30. The van der Waals surface area contributed by atoms with E-state index in [9.17, 15) is 4.79 Å². The van der Waals surface area contributed by atoms with E-state index in [1.165, 1.54) is 0 Å². The number of anilines is 1. The van der Waals surface area contributed by atoms with Gasteiger partial charge in [0.15, 0.2) is 11.6 Å². The Morgan fingerprint density at radius 2 is 2.08 bits per heavy atom. The summed E-state index contributed by atoms with van der Waals surface area (Å²) in [6.07, 6.45) is 3.08. The summed E-state index contributed by atoms with van der Waals surface area (Å²) < 4.78 is 1.69. The van der Waals surface area contributed by atoms with Crippen molar-refractivity contribution in [1.82, 2.24) is 19.7 Å². The molecule has 3 aromatic rings. The van der Waals surface area contributed by atoms with Crippen molar-refractivity contribution in [3.63, 3.8) is 0 Å². The van der Waals surface area contributed by atoms with Crippen molar-refractivity contribution in [2.75, 3.05) is 11.4 Å². The Hall–Kier alpha value is -2.73. The maximum Gasteiger partial charge on any atom is 0.227 e.